The van der Waals surface area contributed by atoms with Crippen molar-refractivity contribution >= 4 is 5.91 Å². The predicted molar refractivity (Wildman–Crippen MR) is 115 cm³/mol. The Labute approximate surface area is 176 Å². The summed E-state index contributed by atoms with van der Waals surface area (Å²) in [7, 11) is 0. The lowest BCUT2D eigenvalue weighted by Crippen LogP contribution is -2.31. The van der Waals surface area contributed by atoms with Crippen molar-refractivity contribution in [3.05, 3.63) is 83.2 Å². The number of hydrogen-bond acceptors (Lipinski definition) is 4. The van der Waals surface area contributed by atoms with Crippen LogP contribution in [-0.2, 0) is 17.7 Å². The number of nitrogens with one attached hydrogen (secondary N) is 1. The van der Waals surface area contributed by atoms with Crippen molar-refractivity contribution in [1.82, 2.24) is 15.1 Å². The van der Waals surface area contributed by atoms with E-state index in [-0.39, 0.29) is 12.0 Å². The van der Waals surface area contributed by atoms with Gasteiger partial charge in [-0.3, -0.25) is 9.48 Å². The van der Waals surface area contributed by atoms with Crippen molar-refractivity contribution in [2.24, 2.45) is 0 Å². The van der Waals surface area contributed by atoms with E-state index in [9.17, 15) is 4.79 Å². The molecule has 0 unspecified atom stereocenters. The number of nitrogens with zero attached hydrogens (tertiary/aromatic N) is 2. The smallest absolute Gasteiger partial charge is 0.251 e. The molecule has 0 saturated carbocycles. The van der Waals surface area contributed by atoms with Gasteiger partial charge in [0.15, 0.2) is 0 Å². The van der Waals surface area contributed by atoms with Gasteiger partial charge in [0, 0.05) is 18.3 Å². The molecule has 30 heavy (non-hydrogen) atoms. The van der Waals surface area contributed by atoms with E-state index in [1.807, 2.05) is 35.0 Å². The molecule has 4 rings (SSSR count). The molecule has 6 nitrogen and oxygen atoms in total. The summed E-state index contributed by atoms with van der Waals surface area (Å²) in [5.74, 6) is 0.647. The number of carbonyl (C=O) groups excluding carboxylic acids is 1. The Morgan fingerprint density at radius 3 is 2.77 bits per heavy atom. The third kappa shape index (κ3) is 4.89. The summed E-state index contributed by atoms with van der Waals surface area (Å²) >= 11 is 0. The Morgan fingerprint density at radius 2 is 2.00 bits per heavy atom. The number of fused-ring (bicyclic) bond motifs is 1. The fourth-order valence-electron chi connectivity index (χ4n) is 3.55. The van der Waals surface area contributed by atoms with Crippen LogP contribution in [0.15, 0.2) is 60.8 Å². The van der Waals surface area contributed by atoms with E-state index >= 15 is 0 Å². The third-order valence-electron chi connectivity index (χ3n) is 5.09. The van der Waals surface area contributed by atoms with E-state index in [1.54, 1.807) is 12.1 Å². The van der Waals surface area contributed by atoms with Gasteiger partial charge in [0.2, 0.25) is 0 Å². The zero-order valence-electron chi connectivity index (χ0n) is 17.2. The molecule has 0 aliphatic carbocycles. The number of amides is 1. The first-order chi connectivity index (χ1) is 14.7. The fourth-order valence-corrected chi connectivity index (χ4v) is 3.55. The van der Waals surface area contributed by atoms with Gasteiger partial charge in [-0.15, -0.1) is 0 Å². The molecule has 1 atom stereocenters. The molecule has 1 aliphatic rings. The highest BCUT2D eigenvalue weighted by atomic mass is 16.5. The third-order valence-corrected chi connectivity index (χ3v) is 5.09. The maximum absolute atomic E-state index is 12.5. The van der Waals surface area contributed by atoms with Gasteiger partial charge in [-0.1, -0.05) is 37.3 Å². The summed E-state index contributed by atoms with van der Waals surface area (Å²) in [5, 5.41) is 7.72. The lowest BCUT2D eigenvalue weighted by Gasteiger charge is -2.22. The topological polar surface area (TPSA) is 65.4 Å². The molecule has 0 radical (unpaired) electrons. The minimum absolute atomic E-state index is 0.128. The van der Waals surface area contributed by atoms with Gasteiger partial charge in [0.05, 0.1) is 25.5 Å². The maximum Gasteiger partial charge on any atom is 0.251 e. The van der Waals surface area contributed by atoms with Crippen LogP contribution < -0.4 is 10.1 Å². The van der Waals surface area contributed by atoms with Gasteiger partial charge in [0.25, 0.3) is 5.91 Å². The van der Waals surface area contributed by atoms with Gasteiger partial charge >= 0.3 is 0 Å². The molecule has 1 aliphatic heterocycles. The summed E-state index contributed by atoms with van der Waals surface area (Å²) in [6.45, 7) is 4.48. The molecule has 1 aromatic heterocycles. The van der Waals surface area contributed by atoms with Crippen LogP contribution in [-0.4, -0.2) is 35.4 Å². The van der Waals surface area contributed by atoms with E-state index in [4.69, 9.17) is 14.6 Å². The van der Waals surface area contributed by atoms with Crippen LogP contribution in [0.1, 0.15) is 46.6 Å². The number of benzene rings is 2. The average Bonchev–Trinajstić information content (AvgIpc) is 3.20. The Bertz CT molecular complexity index is 967. The van der Waals surface area contributed by atoms with E-state index < -0.39 is 0 Å². The molecular weight excluding hydrogens is 378 g/mol. The van der Waals surface area contributed by atoms with E-state index in [2.05, 4.69) is 30.6 Å². The highest BCUT2D eigenvalue weighted by Crippen LogP contribution is 2.25. The van der Waals surface area contributed by atoms with Crippen LogP contribution in [0.25, 0.3) is 0 Å². The number of ether oxygens (including phenoxy) is 2. The minimum atomic E-state index is -0.234. The highest BCUT2D eigenvalue weighted by Gasteiger charge is 2.25. The first-order valence-electron chi connectivity index (χ1n) is 10.5. The molecule has 3 aromatic rings. The van der Waals surface area contributed by atoms with Gasteiger partial charge in [0.1, 0.15) is 11.9 Å². The van der Waals surface area contributed by atoms with Crippen LogP contribution in [0, 0.1) is 0 Å². The van der Waals surface area contributed by atoms with Crippen molar-refractivity contribution in [1.29, 1.82) is 0 Å². The Morgan fingerprint density at radius 1 is 1.20 bits per heavy atom. The molecule has 6 heteroatoms. The maximum atomic E-state index is 12.5. The fraction of sp³-hybridized carbons (Fsp3) is 0.333. The van der Waals surface area contributed by atoms with Gasteiger partial charge in [-0.25, -0.2) is 0 Å². The van der Waals surface area contributed by atoms with E-state index in [1.165, 1.54) is 11.1 Å². The SMILES string of the molecule is CCCOc1ccc(C(=O)NC[C@@H]2OCCc3cn(Cc4ccccc4)nc32)cc1. The number of hydrogen-bond donors (Lipinski definition) is 1. The van der Waals surface area contributed by atoms with Crippen LogP contribution in [0.3, 0.4) is 0 Å². The van der Waals surface area contributed by atoms with Crippen molar-refractivity contribution in [2.75, 3.05) is 19.8 Å². The van der Waals surface area contributed by atoms with Gasteiger partial charge in [-0.05, 0) is 48.2 Å². The van der Waals surface area contributed by atoms with Crippen molar-refractivity contribution in [3.63, 3.8) is 0 Å². The second kappa shape index (κ2) is 9.59. The summed E-state index contributed by atoms with van der Waals surface area (Å²) in [6.07, 6.45) is 3.65. The summed E-state index contributed by atoms with van der Waals surface area (Å²) in [6, 6.07) is 17.5. The average molecular weight is 405 g/mol. The first-order valence-corrected chi connectivity index (χ1v) is 10.5. The van der Waals surface area contributed by atoms with Crippen molar-refractivity contribution < 1.29 is 14.3 Å². The monoisotopic (exact) mass is 405 g/mol. The van der Waals surface area contributed by atoms with E-state index in [0.29, 0.717) is 25.3 Å². The Kier molecular flexibility index (Phi) is 6.44. The Hall–Kier alpha value is -3.12. The lowest BCUT2D eigenvalue weighted by molar-refractivity contribution is 0.0383. The first kappa shape index (κ1) is 20.2. The Balaban J connectivity index is 1.37. The van der Waals surface area contributed by atoms with Crippen LogP contribution in [0.2, 0.25) is 0 Å². The number of rotatable bonds is 8. The molecule has 0 bridgehead atoms. The second-order valence-corrected chi connectivity index (χ2v) is 7.42. The summed E-state index contributed by atoms with van der Waals surface area (Å²) in [4.78, 5) is 12.5. The molecule has 1 N–H and O–H groups in total. The summed E-state index contributed by atoms with van der Waals surface area (Å²) < 4.78 is 13.4. The number of carbonyl (C=O) groups is 1. The molecule has 2 heterocycles. The van der Waals surface area contributed by atoms with Crippen LogP contribution in [0.5, 0.6) is 5.75 Å². The van der Waals surface area contributed by atoms with Crippen LogP contribution >= 0.6 is 0 Å². The van der Waals surface area contributed by atoms with Crippen LogP contribution in [0.4, 0.5) is 0 Å². The molecular formula is C24H27N3O3. The normalized spacial score (nSPS) is 15.4. The van der Waals surface area contributed by atoms with E-state index in [0.717, 1.165) is 30.8 Å². The van der Waals surface area contributed by atoms with Gasteiger partial charge < -0.3 is 14.8 Å². The standard InChI is InChI=1S/C24H27N3O3/c1-2-13-29-21-10-8-19(9-11-21)24(28)25-15-22-23-20(12-14-30-22)17-27(26-23)16-18-6-4-3-5-7-18/h3-11,17,22H,2,12-16H2,1H3,(H,25,28)/t22-/m0/s1. The molecule has 156 valence electrons. The second-order valence-electron chi connectivity index (χ2n) is 7.42. The quantitative estimate of drug-likeness (QED) is 0.620. The molecule has 1 amide bonds. The van der Waals surface area contributed by atoms with Crippen molar-refractivity contribution in [2.45, 2.75) is 32.4 Å². The minimum Gasteiger partial charge on any atom is -0.494 e. The molecule has 0 saturated heterocycles. The summed E-state index contributed by atoms with van der Waals surface area (Å²) in [5.41, 5.74) is 3.91. The lowest BCUT2D eigenvalue weighted by atomic mass is 10.1. The van der Waals surface area contributed by atoms with Crippen molar-refractivity contribution in [3.8, 4) is 5.75 Å². The molecule has 2 aromatic carbocycles. The zero-order chi connectivity index (χ0) is 20.8. The largest absolute Gasteiger partial charge is 0.494 e. The molecule has 0 fully saturated rings. The zero-order valence-corrected chi connectivity index (χ0v) is 17.2. The highest BCUT2D eigenvalue weighted by molar-refractivity contribution is 5.94. The number of aromatic nitrogens is 2. The van der Waals surface area contributed by atoms with Gasteiger partial charge in [-0.2, -0.15) is 5.10 Å². The molecule has 0 spiro atoms. The predicted octanol–water partition coefficient (Wildman–Crippen LogP) is 3.76.